The van der Waals surface area contributed by atoms with E-state index in [4.69, 9.17) is 9.26 Å². The molecule has 4 rings (SSSR count). The van der Waals surface area contributed by atoms with E-state index in [1.807, 2.05) is 41.9 Å². The first-order valence-corrected chi connectivity index (χ1v) is 9.24. The Morgan fingerprint density at radius 1 is 1.23 bits per heavy atom. The number of nitrogens with zero attached hydrogens (tertiary/aromatic N) is 2. The SMILES string of the molecule is O=C(CCCc1c[nH]c2ccccc12)OCc1nc(-c2cccs2)no1. The fraction of sp³-hybridized carbons (Fsp3) is 0.211. The van der Waals surface area contributed by atoms with Crippen LogP contribution in [0.1, 0.15) is 24.3 Å². The van der Waals surface area contributed by atoms with Crippen molar-refractivity contribution in [3.8, 4) is 10.7 Å². The highest BCUT2D eigenvalue weighted by Gasteiger charge is 2.12. The van der Waals surface area contributed by atoms with Gasteiger partial charge in [0.25, 0.3) is 5.89 Å². The van der Waals surface area contributed by atoms with Gasteiger partial charge in [0.2, 0.25) is 5.82 Å². The molecule has 0 aliphatic heterocycles. The van der Waals surface area contributed by atoms with E-state index in [1.165, 1.54) is 22.3 Å². The maximum absolute atomic E-state index is 11.9. The van der Waals surface area contributed by atoms with E-state index in [0.29, 0.717) is 18.1 Å². The third-order valence-corrected chi connectivity index (χ3v) is 4.93. The van der Waals surface area contributed by atoms with E-state index in [0.717, 1.165) is 23.2 Å². The Bertz CT molecular complexity index is 1000. The minimum absolute atomic E-state index is 0.00426. The van der Waals surface area contributed by atoms with Crippen molar-refractivity contribution in [2.24, 2.45) is 0 Å². The molecule has 1 aromatic carbocycles. The van der Waals surface area contributed by atoms with Gasteiger partial charge in [-0.25, -0.2) is 0 Å². The fourth-order valence-electron chi connectivity index (χ4n) is 2.80. The molecule has 1 N–H and O–H groups in total. The van der Waals surface area contributed by atoms with Gasteiger partial charge in [0.05, 0.1) is 4.88 Å². The second-order valence-electron chi connectivity index (χ2n) is 5.86. The summed E-state index contributed by atoms with van der Waals surface area (Å²) in [7, 11) is 0. The Labute approximate surface area is 153 Å². The van der Waals surface area contributed by atoms with Gasteiger partial charge >= 0.3 is 5.97 Å². The summed E-state index contributed by atoms with van der Waals surface area (Å²) in [5.74, 6) is 0.560. The van der Waals surface area contributed by atoms with Crippen LogP contribution in [0.25, 0.3) is 21.6 Å². The molecule has 4 aromatic rings. The molecule has 26 heavy (non-hydrogen) atoms. The van der Waals surface area contributed by atoms with Gasteiger partial charge in [-0.1, -0.05) is 29.4 Å². The zero-order valence-electron chi connectivity index (χ0n) is 14.0. The van der Waals surface area contributed by atoms with E-state index < -0.39 is 0 Å². The number of carbonyl (C=O) groups excluding carboxylic acids is 1. The number of hydrogen-bond acceptors (Lipinski definition) is 6. The number of rotatable bonds is 7. The number of aromatic nitrogens is 3. The molecule has 0 saturated carbocycles. The molecule has 0 amide bonds. The molecule has 0 radical (unpaired) electrons. The Morgan fingerprint density at radius 3 is 3.04 bits per heavy atom. The van der Waals surface area contributed by atoms with Crippen molar-refractivity contribution in [2.45, 2.75) is 25.9 Å². The Morgan fingerprint density at radius 2 is 2.15 bits per heavy atom. The Balaban J connectivity index is 1.24. The molecular weight excluding hydrogens is 350 g/mol. The summed E-state index contributed by atoms with van der Waals surface area (Å²) in [5.41, 5.74) is 2.33. The number of esters is 1. The number of benzene rings is 1. The second-order valence-corrected chi connectivity index (χ2v) is 6.81. The highest BCUT2D eigenvalue weighted by Crippen LogP contribution is 2.22. The number of aromatic amines is 1. The average molecular weight is 367 g/mol. The molecule has 3 heterocycles. The summed E-state index contributed by atoms with van der Waals surface area (Å²) in [4.78, 5) is 20.3. The lowest BCUT2D eigenvalue weighted by atomic mass is 10.1. The lowest BCUT2D eigenvalue weighted by Gasteiger charge is -2.02. The number of aryl methyl sites for hydroxylation is 1. The number of ether oxygens (including phenoxy) is 1. The number of nitrogens with one attached hydrogen (secondary N) is 1. The zero-order chi connectivity index (χ0) is 17.8. The van der Waals surface area contributed by atoms with Gasteiger partial charge in [-0.3, -0.25) is 4.79 Å². The number of para-hydroxylation sites is 1. The molecule has 0 bridgehead atoms. The van der Waals surface area contributed by atoms with Gasteiger partial charge in [0.15, 0.2) is 6.61 Å². The van der Waals surface area contributed by atoms with Gasteiger partial charge in [-0.05, 0) is 35.9 Å². The predicted molar refractivity (Wildman–Crippen MR) is 98.6 cm³/mol. The minimum Gasteiger partial charge on any atom is -0.456 e. The van der Waals surface area contributed by atoms with Crippen molar-refractivity contribution >= 4 is 28.2 Å². The molecule has 3 aromatic heterocycles. The summed E-state index contributed by atoms with van der Waals surface area (Å²) in [6.45, 7) is 0.00426. The van der Waals surface area contributed by atoms with Gasteiger partial charge in [-0.15, -0.1) is 11.3 Å². The third kappa shape index (κ3) is 3.67. The first-order valence-electron chi connectivity index (χ1n) is 8.36. The number of fused-ring (bicyclic) bond motifs is 1. The molecule has 0 spiro atoms. The van der Waals surface area contributed by atoms with Crippen LogP contribution in [-0.2, 0) is 22.6 Å². The van der Waals surface area contributed by atoms with Crippen LogP contribution >= 0.6 is 11.3 Å². The lowest BCUT2D eigenvalue weighted by Crippen LogP contribution is -2.05. The van der Waals surface area contributed by atoms with Crippen molar-refractivity contribution in [2.75, 3.05) is 0 Å². The molecule has 0 fully saturated rings. The van der Waals surface area contributed by atoms with Crippen LogP contribution in [0.2, 0.25) is 0 Å². The van der Waals surface area contributed by atoms with Crippen molar-refractivity contribution in [1.29, 1.82) is 0 Å². The van der Waals surface area contributed by atoms with E-state index in [1.54, 1.807) is 0 Å². The quantitative estimate of drug-likeness (QED) is 0.491. The maximum Gasteiger partial charge on any atom is 0.306 e. The van der Waals surface area contributed by atoms with E-state index in [9.17, 15) is 4.79 Å². The van der Waals surface area contributed by atoms with Crippen LogP contribution in [-0.4, -0.2) is 21.1 Å². The summed E-state index contributed by atoms with van der Waals surface area (Å²) in [5, 5.41) is 7.04. The van der Waals surface area contributed by atoms with Gasteiger partial charge in [-0.2, -0.15) is 4.98 Å². The summed E-state index contributed by atoms with van der Waals surface area (Å²) >= 11 is 1.53. The van der Waals surface area contributed by atoms with E-state index in [2.05, 4.69) is 21.2 Å². The number of hydrogen-bond donors (Lipinski definition) is 1. The summed E-state index contributed by atoms with van der Waals surface area (Å²) in [6, 6.07) is 12.0. The molecule has 0 saturated heterocycles. The summed E-state index contributed by atoms with van der Waals surface area (Å²) in [6.07, 6.45) is 3.90. The highest BCUT2D eigenvalue weighted by molar-refractivity contribution is 7.13. The maximum atomic E-state index is 11.9. The average Bonchev–Trinajstić information content (AvgIpc) is 3.40. The van der Waals surface area contributed by atoms with Crippen molar-refractivity contribution < 1.29 is 14.1 Å². The van der Waals surface area contributed by atoms with Gasteiger partial charge in [0.1, 0.15) is 0 Å². The van der Waals surface area contributed by atoms with Crippen LogP contribution in [0.15, 0.2) is 52.5 Å². The fourth-order valence-corrected chi connectivity index (χ4v) is 3.44. The zero-order valence-corrected chi connectivity index (χ0v) is 14.8. The van der Waals surface area contributed by atoms with E-state index >= 15 is 0 Å². The molecular formula is C19H17N3O3S. The number of carbonyl (C=O) groups is 1. The molecule has 132 valence electrons. The molecule has 0 unspecified atom stereocenters. The topological polar surface area (TPSA) is 81.0 Å². The standard InChI is InChI=1S/C19H17N3O3S/c23-18(9-3-5-13-11-20-15-7-2-1-6-14(13)15)24-12-17-21-19(22-25-17)16-8-4-10-26-16/h1-2,4,6-8,10-11,20H,3,5,9,12H2. The van der Waals surface area contributed by atoms with Crippen molar-refractivity contribution in [1.82, 2.24) is 15.1 Å². The van der Waals surface area contributed by atoms with Crippen LogP contribution < -0.4 is 0 Å². The smallest absolute Gasteiger partial charge is 0.306 e. The highest BCUT2D eigenvalue weighted by atomic mass is 32.1. The van der Waals surface area contributed by atoms with Crippen LogP contribution in [0, 0.1) is 0 Å². The van der Waals surface area contributed by atoms with Crippen molar-refractivity contribution in [3.05, 3.63) is 59.4 Å². The Hall–Kier alpha value is -2.93. The molecule has 7 heteroatoms. The van der Waals surface area contributed by atoms with Crippen molar-refractivity contribution in [3.63, 3.8) is 0 Å². The van der Waals surface area contributed by atoms with Crippen LogP contribution in [0.5, 0.6) is 0 Å². The second kappa shape index (κ2) is 7.53. The molecule has 0 aliphatic carbocycles. The minimum atomic E-state index is -0.263. The predicted octanol–water partition coefficient (Wildman–Crippen LogP) is 4.35. The number of H-pyrrole nitrogens is 1. The largest absolute Gasteiger partial charge is 0.456 e. The monoisotopic (exact) mass is 367 g/mol. The van der Waals surface area contributed by atoms with Crippen LogP contribution in [0.3, 0.4) is 0 Å². The molecule has 0 aliphatic rings. The molecule has 0 atom stereocenters. The lowest BCUT2D eigenvalue weighted by molar-refractivity contribution is -0.145. The van der Waals surface area contributed by atoms with E-state index in [-0.39, 0.29) is 12.6 Å². The first kappa shape index (κ1) is 16.5. The first-order chi connectivity index (χ1) is 12.8. The van der Waals surface area contributed by atoms with Gasteiger partial charge in [0, 0.05) is 23.5 Å². The van der Waals surface area contributed by atoms with Crippen LogP contribution in [0.4, 0.5) is 0 Å². The third-order valence-electron chi connectivity index (χ3n) is 4.07. The summed E-state index contributed by atoms with van der Waals surface area (Å²) < 4.78 is 10.3. The normalized spacial score (nSPS) is 11.1. The number of thiophene rings is 1. The molecule has 6 nitrogen and oxygen atoms in total. The van der Waals surface area contributed by atoms with Gasteiger partial charge < -0.3 is 14.2 Å². The Kier molecular flexibility index (Phi) is 4.79.